The summed E-state index contributed by atoms with van der Waals surface area (Å²) in [4.78, 5) is 27.8. The Morgan fingerprint density at radius 2 is 1.76 bits per heavy atom. The summed E-state index contributed by atoms with van der Waals surface area (Å²) in [6, 6.07) is 19.5. The lowest BCUT2D eigenvalue weighted by Gasteiger charge is -2.29. The molecule has 1 aliphatic heterocycles. The van der Waals surface area contributed by atoms with E-state index >= 15 is 0 Å². The van der Waals surface area contributed by atoms with Crippen LogP contribution in [0.3, 0.4) is 0 Å². The number of primary amides is 1. The molecule has 8 heteroatoms. The summed E-state index contributed by atoms with van der Waals surface area (Å²) in [5.74, 6) is -0.105. The fourth-order valence-corrected chi connectivity index (χ4v) is 4.01. The zero-order valence-corrected chi connectivity index (χ0v) is 18.7. The molecule has 1 amide bonds. The van der Waals surface area contributed by atoms with Crippen molar-refractivity contribution in [1.29, 1.82) is 0 Å². The molecular formula is C26H25N7O. The number of nitrogens with one attached hydrogen (secondary N) is 2. The summed E-state index contributed by atoms with van der Waals surface area (Å²) in [6.45, 7) is 7.75. The van der Waals surface area contributed by atoms with E-state index in [0.717, 1.165) is 48.3 Å². The number of fused-ring (bicyclic) bond motifs is 1. The van der Waals surface area contributed by atoms with E-state index in [1.807, 2.05) is 42.5 Å². The van der Waals surface area contributed by atoms with Gasteiger partial charge in [0.1, 0.15) is 0 Å². The number of nitrogens with two attached hydrogens (primary N) is 1. The van der Waals surface area contributed by atoms with Crippen LogP contribution in [0.1, 0.15) is 5.69 Å². The topological polar surface area (TPSA) is 109 Å². The molecule has 2 aromatic heterocycles. The molecule has 5 rings (SSSR count). The number of hydrogen-bond donors (Lipinski definition) is 3. The standard InChI is InChI=1S/C26H25N7O/c1-17(25(27)34)22-6-3-7-23(31-22)21-5-2-4-18-16-29-26(32-24(18)21)30-19-8-10-20(11-9-19)33-14-12-28-13-15-33/h2-11,16,28H,1,12-15H2,(H2,27,34)(H,29,30,32). The maximum absolute atomic E-state index is 11.5. The predicted molar refractivity (Wildman–Crippen MR) is 136 cm³/mol. The number of anilines is 3. The number of nitrogens with zero attached hydrogens (tertiary/aromatic N) is 4. The van der Waals surface area contributed by atoms with Gasteiger partial charge in [0.15, 0.2) is 0 Å². The highest BCUT2D eigenvalue weighted by molar-refractivity contribution is 6.17. The van der Waals surface area contributed by atoms with Crippen LogP contribution in [-0.4, -0.2) is 47.0 Å². The van der Waals surface area contributed by atoms with Crippen LogP contribution >= 0.6 is 0 Å². The van der Waals surface area contributed by atoms with Crippen LogP contribution in [0, 0.1) is 0 Å². The van der Waals surface area contributed by atoms with E-state index in [0.29, 0.717) is 17.3 Å². The minimum absolute atomic E-state index is 0.170. The average Bonchev–Trinajstić information content (AvgIpc) is 2.89. The third-order valence-corrected chi connectivity index (χ3v) is 5.85. The molecule has 0 spiro atoms. The number of carbonyl (C=O) groups is 1. The number of benzene rings is 2. The van der Waals surface area contributed by atoms with Crippen LogP contribution in [0.25, 0.3) is 27.7 Å². The lowest BCUT2D eigenvalue weighted by atomic mass is 10.1. The van der Waals surface area contributed by atoms with Crippen molar-refractivity contribution in [2.24, 2.45) is 5.73 Å². The van der Waals surface area contributed by atoms with E-state index in [2.05, 4.69) is 44.2 Å². The first-order valence-electron chi connectivity index (χ1n) is 11.1. The molecule has 0 atom stereocenters. The molecule has 0 aliphatic carbocycles. The molecule has 0 radical (unpaired) electrons. The summed E-state index contributed by atoms with van der Waals surface area (Å²) in [7, 11) is 0. The minimum atomic E-state index is -0.598. The largest absolute Gasteiger partial charge is 0.369 e. The molecule has 1 aliphatic rings. The van der Waals surface area contributed by atoms with Crippen LogP contribution in [0.4, 0.5) is 17.3 Å². The van der Waals surface area contributed by atoms with Crippen molar-refractivity contribution in [2.45, 2.75) is 0 Å². The number of hydrogen-bond acceptors (Lipinski definition) is 7. The van der Waals surface area contributed by atoms with Gasteiger partial charge in [-0.25, -0.2) is 15.0 Å². The summed E-state index contributed by atoms with van der Waals surface area (Å²) in [5.41, 5.74) is 10.4. The van der Waals surface area contributed by atoms with E-state index in [9.17, 15) is 4.79 Å². The Balaban J connectivity index is 1.44. The molecule has 4 aromatic rings. The van der Waals surface area contributed by atoms with Crippen LogP contribution < -0.4 is 21.3 Å². The third-order valence-electron chi connectivity index (χ3n) is 5.85. The Kier molecular flexibility index (Phi) is 5.88. The molecule has 4 N–H and O–H groups in total. The zero-order chi connectivity index (χ0) is 23.5. The van der Waals surface area contributed by atoms with Crippen molar-refractivity contribution in [3.8, 4) is 11.3 Å². The fraction of sp³-hybridized carbons (Fsp3) is 0.154. The molecule has 0 bridgehead atoms. The number of amides is 1. The molecule has 34 heavy (non-hydrogen) atoms. The molecule has 170 valence electrons. The Morgan fingerprint density at radius 3 is 2.53 bits per heavy atom. The first kappa shape index (κ1) is 21.5. The second kappa shape index (κ2) is 9.29. The van der Waals surface area contributed by atoms with Crippen LogP contribution in [0.5, 0.6) is 0 Å². The minimum Gasteiger partial charge on any atom is -0.369 e. The SMILES string of the molecule is C=C(C(N)=O)c1cccc(-c2cccc3cnc(Nc4ccc(N5CCNCC5)cc4)nc23)n1. The predicted octanol–water partition coefficient (Wildman–Crippen LogP) is 3.34. The van der Waals surface area contributed by atoms with Gasteiger partial charge in [0.2, 0.25) is 11.9 Å². The van der Waals surface area contributed by atoms with Gasteiger partial charge in [-0.1, -0.05) is 30.8 Å². The number of rotatable bonds is 6. The number of aromatic nitrogens is 3. The quantitative estimate of drug-likeness (QED) is 0.386. The van der Waals surface area contributed by atoms with Crippen molar-refractivity contribution in [1.82, 2.24) is 20.3 Å². The Bertz CT molecular complexity index is 1360. The first-order chi connectivity index (χ1) is 16.6. The molecule has 0 saturated carbocycles. The van der Waals surface area contributed by atoms with E-state index in [4.69, 9.17) is 10.7 Å². The van der Waals surface area contributed by atoms with Crippen molar-refractivity contribution < 1.29 is 4.79 Å². The lowest BCUT2D eigenvalue weighted by Crippen LogP contribution is -2.43. The van der Waals surface area contributed by atoms with Crippen molar-refractivity contribution in [2.75, 3.05) is 36.4 Å². The smallest absolute Gasteiger partial charge is 0.250 e. The number of piperazine rings is 1. The summed E-state index contributed by atoms with van der Waals surface area (Å²) in [6.07, 6.45) is 1.79. The van der Waals surface area contributed by atoms with Crippen LogP contribution in [-0.2, 0) is 4.79 Å². The lowest BCUT2D eigenvalue weighted by molar-refractivity contribution is -0.112. The van der Waals surface area contributed by atoms with E-state index in [-0.39, 0.29) is 5.57 Å². The van der Waals surface area contributed by atoms with Gasteiger partial charge < -0.3 is 21.3 Å². The van der Waals surface area contributed by atoms with Crippen LogP contribution in [0.2, 0.25) is 0 Å². The molecule has 2 aromatic carbocycles. The molecule has 1 saturated heterocycles. The zero-order valence-electron chi connectivity index (χ0n) is 18.7. The van der Waals surface area contributed by atoms with Gasteiger partial charge in [-0.2, -0.15) is 0 Å². The van der Waals surface area contributed by atoms with Gasteiger partial charge in [-0.05, 0) is 36.4 Å². The van der Waals surface area contributed by atoms with Gasteiger partial charge in [0, 0.05) is 54.7 Å². The number of para-hydroxylation sites is 1. The Labute approximate surface area is 197 Å². The van der Waals surface area contributed by atoms with Gasteiger partial charge in [-0.15, -0.1) is 0 Å². The number of pyridine rings is 1. The summed E-state index contributed by atoms with van der Waals surface area (Å²) in [5, 5.41) is 7.56. The highest BCUT2D eigenvalue weighted by Crippen LogP contribution is 2.28. The molecular weight excluding hydrogens is 426 g/mol. The van der Waals surface area contributed by atoms with E-state index < -0.39 is 5.91 Å². The molecule has 3 heterocycles. The first-order valence-corrected chi connectivity index (χ1v) is 11.1. The van der Waals surface area contributed by atoms with Crippen molar-refractivity contribution >= 4 is 39.7 Å². The maximum Gasteiger partial charge on any atom is 0.250 e. The van der Waals surface area contributed by atoms with Crippen LogP contribution in [0.15, 0.2) is 73.4 Å². The van der Waals surface area contributed by atoms with E-state index in [1.165, 1.54) is 5.69 Å². The van der Waals surface area contributed by atoms with Gasteiger partial charge in [0.25, 0.3) is 0 Å². The Morgan fingerprint density at radius 1 is 1.00 bits per heavy atom. The monoisotopic (exact) mass is 451 g/mol. The van der Waals surface area contributed by atoms with Gasteiger partial charge in [-0.3, -0.25) is 4.79 Å². The average molecular weight is 452 g/mol. The van der Waals surface area contributed by atoms with Crippen molar-refractivity contribution in [3.63, 3.8) is 0 Å². The van der Waals surface area contributed by atoms with Gasteiger partial charge >= 0.3 is 0 Å². The normalized spacial score (nSPS) is 13.6. The van der Waals surface area contributed by atoms with Crippen molar-refractivity contribution in [3.05, 3.63) is 79.1 Å². The second-order valence-electron chi connectivity index (χ2n) is 8.10. The van der Waals surface area contributed by atoms with Gasteiger partial charge in [0.05, 0.1) is 22.5 Å². The molecule has 8 nitrogen and oxygen atoms in total. The van der Waals surface area contributed by atoms with E-state index in [1.54, 1.807) is 12.3 Å². The highest BCUT2D eigenvalue weighted by atomic mass is 16.1. The molecule has 0 unspecified atom stereocenters. The fourth-order valence-electron chi connectivity index (χ4n) is 4.01. The summed E-state index contributed by atoms with van der Waals surface area (Å²) >= 11 is 0. The molecule has 1 fully saturated rings. The third kappa shape index (κ3) is 4.44. The second-order valence-corrected chi connectivity index (χ2v) is 8.10. The highest BCUT2D eigenvalue weighted by Gasteiger charge is 2.13. The maximum atomic E-state index is 11.5. The summed E-state index contributed by atoms with van der Waals surface area (Å²) < 4.78 is 0. The number of carbonyl (C=O) groups excluding carboxylic acids is 1. The Hall–Kier alpha value is -4.30.